The second-order valence-electron chi connectivity index (χ2n) is 1.73. The summed E-state index contributed by atoms with van der Waals surface area (Å²) in [7, 11) is 0. The molecule has 0 aromatic rings. The van der Waals surface area contributed by atoms with Crippen molar-refractivity contribution in [2.75, 3.05) is 18.8 Å². The van der Waals surface area contributed by atoms with Crippen molar-refractivity contribution in [2.45, 2.75) is 0 Å². The highest BCUT2D eigenvalue weighted by molar-refractivity contribution is 7.80. The van der Waals surface area contributed by atoms with Gasteiger partial charge in [-0.2, -0.15) is 12.6 Å². The van der Waals surface area contributed by atoms with E-state index in [0.717, 1.165) is 0 Å². The van der Waals surface area contributed by atoms with Crippen LogP contribution in [-0.4, -0.2) is 35.9 Å². The van der Waals surface area contributed by atoms with Crippen molar-refractivity contribution >= 4 is 24.6 Å². The Bertz CT molecular complexity index is 151. The molecule has 5 nitrogen and oxygen atoms in total. The number of thiol groups is 1. The monoisotopic (exact) mass is 178 g/mol. The van der Waals surface area contributed by atoms with Crippen molar-refractivity contribution in [2.24, 2.45) is 0 Å². The highest BCUT2D eigenvalue weighted by Gasteiger charge is 2.00. The first-order chi connectivity index (χ1) is 5.16. The van der Waals surface area contributed by atoms with Crippen LogP contribution in [0.2, 0.25) is 0 Å². The average Bonchev–Trinajstić information content (AvgIpc) is 1.97. The van der Waals surface area contributed by atoms with Crippen molar-refractivity contribution < 1.29 is 14.7 Å². The van der Waals surface area contributed by atoms with Gasteiger partial charge >= 0.3 is 12.0 Å². The molecule has 0 fully saturated rings. The number of carboxylic acids is 1. The molecule has 0 heterocycles. The molecule has 0 saturated heterocycles. The fraction of sp³-hybridized carbons (Fsp3) is 0.600. The predicted octanol–water partition coefficient (Wildman–Crippen LogP) is -0.700. The second kappa shape index (κ2) is 5.84. The lowest BCUT2D eigenvalue weighted by atomic mass is 10.6. The van der Waals surface area contributed by atoms with Crippen LogP contribution in [-0.2, 0) is 4.79 Å². The molecular weight excluding hydrogens is 168 g/mol. The molecule has 0 aliphatic carbocycles. The third-order valence-electron chi connectivity index (χ3n) is 0.798. The van der Waals surface area contributed by atoms with Crippen LogP contribution in [0.5, 0.6) is 0 Å². The van der Waals surface area contributed by atoms with Gasteiger partial charge in [0, 0.05) is 12.3 Å². The molecule has 11 heavy (non-hydrogen) atoms. The van der Waals surface area contributed by atoms with Gasteiger partial charge < -0.3 is 15.7 Å². The van der Waals surface area contributed by atoms with Crippen molar-refractivity contribution in [3.8, 4) is 0 Å². The van der Waals surface area contributed by atoms with E-state index in [9.17, 15) is 9.59 Å². The molecule has 0 rings (SSSR count). The van der Waals surface area contributed by atoms with Gasteiger partial charge in [-0.3, -0.25) is 4.79 Å². The Labute approximate surface area is 69.6 Å². The summed E-state index contributed by atoms with van der Waals surface area (Å²) in [5.41, 5.74) is 0. The van der Waals surface area contributed by atoms with Crippen LogP contribution >= 0.6 is 12.6 Å². The summed E-state index contributed by atoms with van der Waals surface area (Å²) in [5.74, 6) is -0.536. The largest absolute Gasteiger partial charge is 0.480 e. The zero-order valence-electron chi connectivity index (χ0n) is 5.83. The van der Waals surface area contributed by atoms with E-state index in [4.69, 9.17) is 5.11 Å². The summed E-state index contributed by atoms with van der Waals surface area (Å²) >= 11 is 3.85. The van der Waals surface area contributed by atoms with E-state index in [0.29, 0.717) is 12.3 Å². The van der Waals surface area contributed by atoms with Crippen LogP contribution in [0.25, 0.3) is 0 Å². The van der Waals surface area contributed by atoms with Crippen LogP contribution in [0.1, 0.15) is 0 Å². The first-order valence-corrected chi connectivity index (χ1v) is 3.64. The van der Waals surface area contributed by atoms with Gasteiger partial charge in [0.25, 0.3) is 0 Å². The number of amides is 2. The Balaban J connectivity index is 3.30. The van der Waals surface area contributed by atoms with E-state index < -0.39 is 12.0 Å². The number of carboxylic acid groups (broad SMARTS) is 1. The van der Waals surface area contributed by atoms with E-state index in [2.05, 4.69) is 23.3 Å². The Morgan fingerprint density at radius 2 is 2.00 bits per heavy atom. The molecule has 0 saturated carbocycles. The maximum Gasteiger partial charge on any atom is 0.323 e. The number of hydrogen-bond acceptors (Lipinski definition) is 3. The van der Waals surface area contributed by atoms with Crippen LogP contribution in [0.4, 0.5) is 4.79 Å². The molecule has 0 unspecified atom stereocenters. The third kappa shape index (κ3) is 6.98. The summed E-state index contributed by atoms with van der Waals surface area (Å²) in [6.45, 7) is 0.0625. The molecule has 0 aliphatic rings. The standard InChI is InChI=1S/C5H10N2O3S/c8-4(9)3-7-5(10)6-1-2-11/h11H,1-3H2,(H,8,9)(H2,6,7,10). The Morgan fingerprint density at radius 1 is 1.36 bits per heavy atom. The SMILES string of the molecule is O=C(O)CNC(=O)NCCS. The molecule has 0 aromatic heterocycles. The molecule has 0 spiro atoms. The van der Waals surface area contributed by atoms with Gasteiger partial charge in [0.15, 0.2) is 0 Å². The second-order valence-corrected chi connectivity index (χ2v) is 2.17. The van der Waals surface area contributed by atoms with Gasteiger partial charge in [-0.15, -0.1) is 0 Å². The summed E-state index contributed by atoms with van der Waals surface area (Å²) in [6, 6.07) is -0.485. The van der Waals surface area contributed by atoms with E-state index >= 15 is 0 Å². The van der Waals surface area contributed by atoms with Crippen LogP contribution < -0.4 is 10.6 Å². The molecule has 0 bridgehead atoms. The number of carbonyl (C=O) groups excluding carboxylic acids is 1. The topological polar surface area (TPSA) is 78.4 Å². The van der Waals surface area contributed by atoms with Crippen molar-refractivity contribution in [1.29, 1.82) is 0 Å². The zero-order valence-corrected chi connectivity index (χ0v) is 6.73. The molecule has 0 atom stereocenters. The maximum atomic E-state index is 10.6. The van der Waals surface area contributed by atoms with E-state index in [-0.39, 0.29) is 6.54 Å². The minimum Gasteiger partial charge on any atom is -0.480 e. The molecule has 64 valence electrons. The zero-order chi connectivity index (χ0) is 8.69. The van der Waals surface area contributed by atoms with Gasteiger partial charge in [0.05, 0.1) is 0 Å². The highest BCUT2D eigenvalue weighted by atomic mass is 32.1. The van der Waals surface area contributed by atoms with Crippen molar-refractivity contribution in [3.63, 3.8) is 0 Å². The number of nitrogens with one attached hydrogen (secondary N) is 2. The number of rotatable bonds is 4. The third-order valence-corrected chi connectivity index (χ3v) is 1.02. The Morgan fingerprint density at radius 3 is 2.45 bits per heavy atom. The molecule has 0 aliphatic heterocycles. The normalized spacial score (nSPS) is 8.82. The van der Waals surface area contributed by atoms with Crippen molar-refractivity contribution in [1.82, 2.24) is 10.6 Å². The summed E-state index contributed by atoms with van der Waals surface area (Å²) in [5, 5.41) is 12.7. The fourth-order valence-corrected chi connectivity index (χ4v) is 0.500. The van der Waals surface area contributed by atoms with Gasteiger partial charge in [-0.25, -0.2) is 4.79 Å². The molecule has 2 amide bonds. The fourth-order valence-electron chi connectivity index (χ4n) is 0.388. The predicted molar refractivity (Wildman–Crippen MR) is 42.9 cm³/mol. The van der Waals surface area contributed by atoms with Gasteiger partial charge in [0.1, 0.15) is 6.54 Å². The van der Waals surface area contributed by atoms with Gasteiger partial charge in [-0.05, 0) is 0 Å². The van der Waals surface area contributed by atoms with Gasteiger partial charge in [-0.1, -0.05) is 0 Å². The van der Waals surface area contributed by atoms with Crippen LogP contribution in [0.3, 0.4) is 0 Å². The highest BCUT2D eigenvalue weighted by Crippen LogP contribution is 1.69. The van der Waals surface area contributed by atoms with E-state index in [1.165, 1.54) is 0 Å². The summed E-state index contributed by atoms with van der Waals surface area (Å²) in [4.78, 5) is 20.5. The minimum atomic E-state index is -1.06. The van der Waals surface area contributed by atoms with Gasteiger partial charge in [0.2, 0.25) is 0 Å². The van der Waals surface area contributed by atoms with Crippen LogP contribution in [0.15, 0.2) is 0 Å². The first-order valence-electron chi connectivity index (χ1n) is 3.01. The first kappa shape index (κ1) is 10.1. The Hall–Kier alpha value is -0.910. The maximum absolute atomic E-state index is 10.6. The lowest BCUT2D eigenvalue weighted by Gasteiger charge is -2.02. The number of urea groups is 1. The Kier molecular flexibility index (Phi) is 5.36. The molecule has 3 N–H and O–H groups in total. The molecular formula is C5H10N2O3S. The van der Waals surface area contributed by atoms with E-state index in [1.807, 2.05) is 0 Å². The molecule has 0 radical (unpaired) electrons. The van der Waals surface area contributed by atoms with Crippen molar-refractivity contribution in [3.05, 3.63) is 0 Å². The van der Waals surface area contributed by atoms with E-state index in [1.54, 1.807) is 0 Å². The van der Waals surface area contributed by atoms with Crippen LogP contribution in [0, 0.1) is 0 Å². The minimum absolute atomic E-state index is 0.363. The lowest BCUT2D eigenvalue weighted by Crippen LogP contribution is -2.39. The number of carbonyl (C=O) groups is 2. The molecule has 6 heteroatoms. The molecule has 0 aromatic carbocycles. The quantitative estimate of drug-likeness (QED) is 0.430. The number of hydrogen-bond donors (Lipinski definition) is 4. The smallest absolute Gasteiger partial charge is 0.323 e. The number of aliphatic carboxylic acids is 1. The summed E-state index contributed by atoms with van der Waals surface area (Å²) < 4.78 is 0. The summed E-state index contributed by atoms with van der Waals surface area (Å²) in [6.07, 6.45) is 0. The average molecular weight is 178 g/mol. The lowest BCUT2D eigenvalue weighted by molar-refractivity contribution is -0.135.